The zero-order chi connectivity index (χ0) is 14.3. The van der Waals surface area contributed by atoms with E-state index >= 15 is 0 Å². The number of benzene rings is 1. The van der Waals surface area contributed by atoms with E-state index < -0.39 is 0 Å². The van der Waals surface area contributed by atoms with E-state index in [1.54, 1.807) is 0 Å². The van der Waals surface area contributed by atoms with Gasteiger partial charge in [-0.05, 0) is 43.7 Å². The smallest absolute Gasteiger partial charge is 0.138 e. The highest BCUT2D eigenvalue weighted by Crippen LogP contribution is 2.36. The number of fused-ring (bicyclic) bond motifs is 1. The molecule has 0 bridgehead atoms. The summed E-state index contributed by atoms with van der Waals surface area (Å²) >= 11 is 3.70. The van der Waals surface area contributed by atoms with Gasteiger partial charge in [-0.3, -0.25) is 0 Å². The molecule has 1 aromatic carbocycles. The molecule has 1 heterocycles. The Balaban J connectivity index is 2.05. The highest BCUT2D eigenvalue weighted by molar-refractivity contribution is 9.10. The third-order valence-corrected chi connectivity index (χ3v) is 4.57. The number of furan rings is 1. The minimum absolute atomic E-state index is 0.628. The molecule has 0 saturated heterocycles. The summed E-state index contributed by atoms with van der Waals surface area (Å²) in [7, 11) is 0. The maximum Gasteiger partial charge on any atom is 0.138 e. The summed E-state index contributed by atoms with van der Waals surface area (Å²) in [4.78, 5) is 0. The first-order valence-corrected chi connectivity index (χ1v) is 8.28. The summed E-state index contributed by atoms with van der Waals surface area (Å²) in [6.45, 7) is 7.50. The molecular weight excluding hydrogens is 314 g/mol. The Morgan fingerprint density at radius 2 is 2.10 bits per heavy atom. The SMILES string of the molecule is Cc1ccc(Br)c2c(CC(C)C)c(CNC3CC3)oc12. The van der Waals surface area contributed by atoms with Crippen molar-refractivity contribution in [1.29, 1.82) is 0 Å². The highest BCUT2D eigenvalue weighted by atomic mass is 79.9. The summed E-state index contributed by atoms with van der Waals surface area (Å²) < 4.78 is 7.35. The number of hydrogen-bond acceptors (Lipinski definition) is 2. The van der Waals surface area contributed by atoms with Gasteiger partial charge < -0.3 is 9.73 Å². The van der Waals surface area contributed by atoms with E-state index in [4.69, 9.17) is 4.42 Å². The van der Waals surface area contributed by atoms with Crippen LogP contribution >= 0.6 is 15.9 Å². The minimum atomic E-state index is 0.628. The third-order valence-electron chi connectivity index (χ3n) is 3.91. The fourth-order valence-electron chi connectivity index (χ4n) is 2.69. The van der Waals surface area contributed by atoms with Gasteiger partial charge in [0.05, 0.1) is 6.54 Å². The normalized spacial score (nSPS) is 15.4. The van der Waals surface area contributed by atoms with Crippen LogP contribution in [0.3, 0.4) is 0 Å². The van der Waals surface area contributed by atoms with Crippen molar-refractivity contribution in [2.24, 2.45) is 5.92 Å². The Bertz CT molecular complexity index is 625. The summed E-state index contributed by atoms with van der Waals surface area (Å²) in [6.07, 6.45) is 3.68. The Morgan fingerprint density at radius 1 is 1.35 bits per heavy atom. The van der Waals surface area contributed by atoms with Crippen LogP contribution in [0.4, 0.5) is 0 Å². The van der Waals surface area contributed by atoms with Crippen LogP contribution in [-0.2, 0) is 13.0 Å². The molecule has 1 saturated carbocycles. The molecule has 2 nitrogen and oxygen atoms in total. The van der Waals surface area contributed by atoms with Gasteiger partial charge in [0.25, 0.3) is 0 Å². The van der Waals surface area contributed by atoms with E-state index in [0.29, 0.717) is 12.0 Å². The molecule has 20 heavy (non-hydrogen) atoms. The Hall–Kier alpha value is -0.800. The van der Waals surface area contributed by atoms with Gasteiger partial charge in [-0.15, -0.1) is 0 Å². The zero-order valence-corrected chi connectivity index (χ0v) is 14.0. The van der Waals surface area contributed by atoms with Crippen molar-refractivity contribution >= 4 is 26.9 Å². The molecular formula is C17H22BrNO. The number of hydrogen-bond donors (Lipinski definition) is 1. The third kappa shape index (κ3) is 2.79. The van der Waals surface area contributed by atoms with Crippen LogP contribution < -0.4 is 5.32 Å². The molecule has 1 fully saturated rings. The molecule has 3 rings (SSSR count). The topological polar surface area (TPSA) is 25.2 Å². The maximum absolute atomic E-state index is 6.20. The molecule has 0 radical (unpaired) electrons. The van der Waals surface area contributed by atoms with E-state index in [2.05, 4.69) is 54.2 Å². The van der Waals surface area contributed by atoms with Crippen LogP contribution in [0.25, 0.3) is 11.0 Å². The van der Waals surface area contributed by atoms with Gasteiger partial charge in [0.15, 0.2) is 0 Å². The van der Waals surface area contributed by atoms with Crippen molar-refractivity contribution < 1.29 is 4.42 Å². The van der Waals surface area contributed by atoms with Gasteiger partial charge >= 0.3 is 0 Å². The monoisotopic (exact) mass is 335 g/mol. The van der Waals surface area contributed by atoms with Crippen molar-refractivity contribution in [3.05, 3.63) is 33.5 Å². The summed E-state index contributed by atoms with van der Waals surface area (Å²) in [5, 5.41) is 4.85. The predicted octanol–water partition coefficient (Wildman–Crippen LogP) is 4.95. The van der Waals surface area contributed by atoms with Crippen molar-refractivity contribution in [3.8, 4) is 0 Å². The number of nitrogens with one attached hydrogen (secondary N) is 1. The van der Waals surface area contributed by atoms with E-state index in [0.717, 1.165) is 28.8 Å². The molecule has 3 heteroatoms. The van der Waals surface area contributed by atoms with Gasteiger partial charge in [0.1, 0.15) is 11.3 Å². The lowest BCUT2D eigenvalue weighted by molar-refractivity contribution is 0.499. The standard InChI is InChI=1S/C17H22BrNO/c1-10(2)8-13-15(9-19-12-5-6-12)20-17-11(3)4-7-14(18)16(13)17/h4,7,10,12,19H,5-6,8-9H2,1-3H3. The first-order chi connectivity index (χ1) is 9.56. The lowest BCUT2D eigenvalue weighted by atomic mass is 9.99. The van der Waals surface area contributed by atoms with Crippen LogP contribution in [0.15, 0.2) is 21.0 Å². The molecule has 0 spiro atoms. The first-order valence-electron chi connectivity index (χ1n) is 7.49. The lowest BCUT2D eigenvalue weighted by Gasteiger charge is -2.07. The van der Waals surface area contributed by atoms with Crippen LogP contribution in [0.1, 0.15) is 43.6 Å². The lowest BCUT2D eigenvalue weighted by Crippen LogP contribution is -2.16. The zero-order valence-electron chi connectivity index (χ0n) is 12.4. The molecule has 2 aromatic rings. The first kappa shape index (κ1) is 14.2. The molecule has 108 valence electrons. The Morgan fingerprint density at radius 3 is 2.75 bits per heavy atom. The fourth-order valence-corrected chi connectivity index (χ4v) is 3.24. The average molecular weight is 336 g/mol. The van der Waals surface area contributed by atoms with Gasteiger partial charge in [0, 0.05) is 21.5 Å². The quantitative estimate of drug-likeness (QED) is 0.835. The second-order valence-electron chi connectivity index (χ2n) is 6.33. The Labute approximate surface area is 129 Å². The Kier molecular flexibility index (Phi) is 3.91. The average Bonchev–Trinajstić information content (AvgIpc) is 3.14. The van der Waals surface area contributed by atoms with Crippen LogP contribution in [-0.4, -0.2) is 6.04 Å². The molecule has 1 aliphatic carbocycles. The molecule has 0 unspecified atom stereocenters. The van der Waals surface area contributed by atoms with Crippen molar-refractivity contribution in [2.75, 3.05) is 0 Å². The van der Waals surface area contributed by atoms with E-state index in [-0.39, 0.29) is 0 Å². The largest absolute Gasteiger partial charge is 0.459 e. The molecule has 1 aliphatic rings. The maximum atomic E-state index is 6.20. The number of rotatable bonds is 5. The van der Waals surface area contributed by atoms with Crippen LogP contribution in [0, 0.1) is 12.8 Å². The van der Waals surface area contributed by atoms with Gasteiger partial charge in [-0.2, -0.15) is 0 Å². The molecule has 0 aliphatic heterocycles. The predicted molar refractivity (Wildman–Crippen MR) is 87.1 cm³/mol. The second kappa shape index (κ2) is 5.53. The van der Waals surface area contributed by atoms with Crippen LogP contribution in [0.5, 0.6) is 0 Å². The van der Waals surface area contributed by atoms with E-state index in [9.17, 15) is 0 Å². The van der Waals surface area contributed by atoms with Crippen LogP contribution in [0.2, 0.25) is 0 Å². The van der Waals surface area contributed by atoms with E-state index in [1.165, 1.54) is 29.4 Å². The number of aryl methyl sites for hydroxylation is 1. The van der Waals surface area contributed by atoms with Crippen molar-refractivity contribution in [1.82, 2.24) is 5.32 Å². The van der Waals surface area contributed by atoms with E-state index in [1.807, 2.05) is 0 Å². The fraction of sp³-hybridized carbons (Fsp3) is 0.529. The van der Waals surface area contributed by atoms with Crippen molar-refractivity contribution in [3.63, 3.8) is 0 Å². The summed E-state index contributed by atoms with van der Waals surface area (Å²) in [5.74, 6) is 1.75. The van der Waals surface area contributed by atoms with Gasteiger partial charge in [-0.25, -0.2) is 0 Å². The van der Waals surface area contributed by atoms with Gasteiger partial charge in [0.2, 0.25) is 0 Å². The van der Waals surface area contributed by atoms with Crippen molar-refractivity contribution in [2.45, 2.75) is 52.6 Å². The van der Waals surface area contributed by atoms with Gasteiger partial charge in [-0.1, -0.05) is 35.8 Å². The molecule has 0 amide bonds. The summed E-state index contributed by atoms with van der Waals surface area (Å²) in [6, 6.07) is 4.96. The number of halogens is 1. The molecule has 0 atom stereocenters. The highest BCUT2D eigenvalue weighted by Gasteiger charge is 2.23. The minimum Gasteiger partial charge on any atom is -0.459 e. The molecule has 1 aromatic heterocycles. The second-order valence-corrected chi connectivity index (χ2v) is 7.18. The molecule has 1 N–H and O–H groups in total. The summed E-state index contributed by atoms with van der Waals surface area (Å²) in [5.41, 5.74) is 3.63.